The van der Waals surface area contributed by atoms with E-state index in [0.717, 1.165) is 0 Å². The first-order valence-corrected chi connectivity index (χ1v) is 5.39. The molecule has 0 heterocycles. The zero-order chi connectivity index (χ0) is 14.3. The highest BCUT2D eigenvalue weighted by Crippen LogP contribution is 2.19. The average molecular weight is 265 g/mol. The lowest BCUT2D eigenvalue weighted by molar-refractivity contribution is -0.138. The Labute approximate surface area is 109 Å². The summed E-state index contributed by atoms with van der Waals surface area (Å²) < 4.78 is 22.9. The number of nitrogens with zero attached hydrogens (tertiary/aromatic N) is 3. The Bertz CT molecular complexity index is 551. The smallest absolute Gasteiger partial charge is 0.340 e. The van der Waals surface area contributed by atoms with Gasteiger partial charge in [-0.15, -0.1) is 0 Å². The average Bonchev–Trinajstić information content (AvgIpc) is 2.37. The van der Waals surface area contributed by atoms with Crippen molar-refractivity contribution in [2.75, 3.05) is 13.7 Å². The van der Waals surface area contributed by atoms with Crippen molar-refractivity contribution in [2.24, 2.45) is 5.11 Å². The zero-order valence-corrected chi connectivity index (χ0v) is 10.5. The van der Waals surface area contributed by atoms with E-state index in [4.69, 9.17) is 15.0 Å². The third-order valence-electron chi connectivity index (χ3n) is 2.07. The molecule has 6 nitrogen and oxygen atoms in total. The van der Waals surface area contributed by atoms with Crippen LogP contribution in [-0.4, -0.2) is 19.7 Å². The van der Waals surface area contributed by atoms with E-state index in [9.17, 15) is 9.18 Å². The summed E-state index contributed by atoms with van der Waals surface area (Å²) in [5.74, 6) is -1.02. The van der Waals surface area contributed by atoms with Crippen LogP contribution in [-0.2, 0) is 9.53 Å². The lowest BCUT2D eigenvalue weighted by atomic mass is 10.1. The molecule has 0 radical (unpaired) electrons. The molecule has 19 heavy (non-hydrogen) atoms. The highest BCUT2D eigenvalue weighted by molar-refractivity contribution is 5.93. The van der Waals surface area contributed by atoms with Gasteiger partial charge in [0.15, 0.2) is 0 Å². The number of rotatable bonds is 5. The van der Waals surface area contributed by atoms with Crippen LogP contribution < -0.4 is 4.74 Å². The monoisotopic (exact) mass is 265 g/mol. The van der Waals surface area contributed by atoms with E-state index in [-0.39, 0.29) is 18.1 Å². The standard InChI is InChI=1S/C12H12FN3O3/c1-3-19-12(17)11(15-16-14)6-8-4-9(13)7-10(5-8)18-2/h4-7H,3H2,1-2H3. The predicted octanol–water partition coefficient (Wildman–Crippen LogP) is 3.05. The maximum atomic E-state index is 13.3. The molecule has 7 heteroatoms. The molecular weight excluding hydrogens is 253 g/mol. The molecule has 0 atom stereocenters. The zero-order valence-electron chi connectivity index (χ0n) is 10.5. The molecule has 0 unspecified atom stereocenters. The van der Waals surface area contributed by atoms with Crippen molar-refractivity contribution >= 4 is 12.0 Å². The third kappa shape index (κ3) is 4.33. The Hall–Kier alpha value is -2.53. The second-order valence-electron chi connectivity index (χ2n) is 3.36. The Balaban J connectivity index is 3.18. The summed E-state index contributed by atoms with van der Waals surface area (Å²) in [6, 6.07) is 3.86. The number of benzene rings is 1. The van der Waals surface area contributed by atoms with Crippen molar-refractivity contribution in [3.05, 3.63) is 45.7 Å². The molecule has 100 valence electrons. The topological polar surface area (TPSA) is 84.3 Å². The lowest BCUT2D eigenvalue weighted by Crippen LogP contribution is -2.05. The Kier molecular flexibility index (Phi) is 5.37. The molecule has 0 fully saturated rings. The largest absolute Gasteiger partial charge is 0.497 e. The van der Waals surface area contributed by atoms with E-state index in [0.29, 0.717) is 5.56 Å². The third-order valence-corrected chi connectivity index (χ3v) is 2.07. The van der Waals surface area contributed by atoms with Gasteiger partial charge in [-0.05, 0) is 36.2 Å². The molecule has 0 amide bonds. The van der Waals surface area contributed by atoms with Gasteiger partial charge in [0.05, 0.1) is 13.7 Å². The van der Waals surface area contributed by atoms with Crippen molar-refractivity contribution in [3.63, 3.8) is 0 Å². The molecule has 1 aromatic rings. The first-order chi connectivity index (χ1) is 9.10. The van der Waals surface area contributed by atoms with Gasteiger partial charge in [-0.2, -0.15) is 0 Å². The number of azide groups is 1. The molecule has 0 aromatic heterocycles. The molecule has 0 aliphatic heterocycles. The van der Waals surface area contributed by atoms with Crippen molar-refractivity contribution in [1.29, 1.82) is 0 Å². The molecule has 0 aliphatic rings. The van der Waals surface area contributed by atoms with E-state index in [1.807, 2.05) is 0 Å². The second-order valence-corrected chi connectivity index (χ2v) is 3.36. The van der Waals surface area contributed by atoms with E-state index in [1.54, 1.807) is 6.92 Å². The number of hydrogen-bond donors (Lipinski definition) is 0. The first kappa shape index (κ1) is 14.5. The quantitative estimate of drug-likeness (QED) is 0.269. The number of hydrogen-bond acceptors (Lipinski definition) is 4. The fourth-order valence-electron chi connectivity index (χ4n) is 1.33. The normalized spacial score (nSPS) is 10.6. The number of methoxy groups -OCH3 is 1. The summed E-state index contributed by atoms with van der Waals surface area (Å²) in [7, 11) is 1.39. The van der Waals surface area contributed by atoms with Crippen LogP contribution in [0.3, 0.4) is 0 Å². The summed E-state index contributed by atoms with van der Waals surface area (Å²) in [4.78, 5) is 14.0. The summed E-state index contributed by atoms with van der Waals surface area (Å²) in [6.45, 7) is 1.76. The fraction of sp³-hybridized carbons (Fsp3) is 0.250. The second kappa shape index (κ2) is 7.03. The van der Waals surface area contributed by atoms with Gasteiger partial charge in [0.25, 0.3) is 0 Å². The molecule has 0 bridgehead atoms. The van der Waals surface area contributed by atoms with Gasteiger partial charge in [-0.1, -0.05) is 5.11 Å². The molecule has 1 rings (SSSR count). The fourth-order valence-corrected chi connectivity index (χ4v) is 1.33. The van der Waals surface area contributed by atoms with Crippen molar-refractivity contribution in [1.82, 2.24) is 0 Å². The van der Waals surface area contributed by atoms with Crippen LogP contribution in [0.15, 0.2) is 29.0 Å². The van der Waals surface area contributed by atoms with Crippen molar-refractivity contribution in [3.8, 4) is 5.75 Å². The molecule has 0 N–H and O–H groups in total. The minimum absolute atomic E-state index is 0.142. The summed E-state index contributed by atoms with van der Waals surface area (Å²) in [6.07, 6.45) is 1.23. The maximum absolute atomic E-state index is 13.3. The highest BCUT2D eigenvalue weighted by Gasteiger charge is 2.09. The molecule has 1 aromatic carbocycles. The van der Waals surface area contributed by atoms with Gasteiger partial charge in [0.1, 0.15) is 17.3 Å². The summed E-state index contributed by atoms with van der Waals surface area (Å²) >= 11 is 0. The molecule has 0 aliphatic carbocycles. The molecule has 0 spiro atoms. The predicted molar refractivity (Wildman–Crippen MR) is 66.7 cm³/mol. The van der Waals surface area contributed by atoms with Crippen LogP contribution in [0.4, 0.5) is 4.39 Å². The van der Waals surface area contributed by atoms with Gasteiger partial charge in [-0.25, -0.2) is 9.18 Å². The van der Waals surface area contributed by atoms with Crippen LogP contribution in [0, 0.1) is 5.82 Å². The SMILES string of the molecule is CCOC(=O)C(=Cc1cc(F)cc(OC)c1)N=[N+]=[N-]. The number of esters is 1. The minimum Gasteiger partial charge on any atom is -0.497 e. The number of ether oxygens (including phenoxy) is 2. The molecular formula is C12H12FN3O3. The lowest BCUT2D eigenvalue weighted by Gasteiger charge is -2.04. The molecule has 0 saturated heterocycles. The maximum Gasteiger partial charge on any atom is 0.340 e. The van der Waals surface area contributed by atoms with Gasteiger partial charge in [-0.3, -0.25) is 0 Å². The van der Waals surface area contributed by atoms with E-state index < -0.39 is 11.8 Å². The van der Waals surface area contributed by atoms with Crippen LogP contribution in [0.2, 0.25) is 0 Å². The van der Waals surface area contributed by atoms with Crippen LogP contribution in [0.1, 0.15) is 12.5 Å². The first-order valence-electron chi connectivity index (χ1n) is 5.39. The van der Waals surface area contributed by atoms with Crippen molar-refractivity contribution < 1.29 is 18.7 Å². The van der Waals surface area contributed by atoms with Gasteiger partial charge >= 0.3 is 5.97 Å². The Morgan fingerprint density at radius 3 is 2.84 bits per heavy atom. The summed E-state index contributed by atoms with van der Waals surface area (Å²) in [5, 5.41) is 3.23. The van der Waals surface area contributed by atoms with Gasteiger partial charge < -0.3 is 9.47 Å². The highest BCUT2D eigenvalue weighted by atomic mass is 19.1. The minimum atomic E-state index is -0.775. The van der Waals surface area contributed by atoms with Crippen LogP contribution >= 0.6 is 0 Å². The number of carbonyl (C=O) groups is 1. The van der Waals surface area contributed by atoms with Gasteiger partial charge in [0, 0.05) is 11.0 Å². The Morgan fingerprint density at radius 1 is 1.53 bits per heavy atom. The van der Waals surface area contributed by atoms with E-state index in [2.05, 4.69) is 10.0 Å². The Morgan fingerprint density at radius 2 is 2.26 bits per heavy atom. The van der Waals surface area contributed by atoms with Gasteiger partial charge in [0.2, 0.25) is 0 Å². The van der Waals surface area contributed by atoms with Crippen LogP contribution in [0.25, 0.3) is 16.5 Å². The van der Waals surface area contributed by atoms with Crippen molar-refractivity contribution in [2.45, 2.75) is 6.92 Å². The molecule has 0 saturated carbocycles. The van der Waals surface area contributed by atoms with Crippen LogP contribution in [0.5, 0.6) is 5.75 Å². The van der Waals surface area contributed by atoms with E-state index in [1.165, 1.54) is 31.4 Å². The number of halogens is 1. The summed E-state index contributed by atoms with van der Waals surface area (Å²) in [5.41, 5.74) is 8.47. The number of carbonyl (C=O) groups excluding carboxylic acids is 1. The van der Waals surface area contributed by atoms with E-state index >= 15 is 0 Å².